The molecule has 4 aliphatic rings. The molecule has 4 fully saturated rings. The minimum Gasteiger partial charge on any atom is -0.497 e. The van der Waals surface area contributed by atoms with Crippen LogP contribution in [0.15, 0.2) is 30.5 Å². The van der Waals surface area contributed by atoms with E-state index in [1.165, 1.54) is 43.2 Å². The van der Waals surface area contributed by atoms with Crippen LogP contribution in [0.4, 0.5) is 0 Å². The minimum atomic E-state index is 0.503. The second kappa shape index (κ2) is 5.51. The van der Waals surface area contributed by atoms with Gasteiger partial charge in [0.1, 0.15) is 6.10 Å². The summed E-state index contributed by atoms with van der Waals surface area (Å²) in [6.45, 7) is 2.20. The highest BCUT2D eigenvalue weighted by Crippen LogP contribution is 2.54. The maximum Gasteiger partial charge on any atom is 0.103 e. The highest BCUT2D eigenvalue weighted by molar-refractivity contribution is 5.49. The normalized spacial score (nSPS) is 37.3. The van der Waals surface area contributed by atoms with Crippen LogP contribution in [0.5, 0.6) is 0 Å². The summed E-state index contributed by atoms with van der Waals surface area (Å²) in [6.07, 6.45) is 12.9. The van der Waals surface area contributed by atoms with E-state index in [-0.39, 0.29) is 0 Å². The zero-order valence-electron chi connectivity index (χ0n) is 13.0. The van der Waals surface area contributed by atoms with Gasteiger partial charge in [0.25, 0.3) is 0 Å². The molecule has 5 rings (SSSR count). The summed E-state index contributed by atoms with van der Waals surface area (Å²) in [4.78, 5) is 0. The zero-order valence-corrected chi connectivity index (χ0v) is 13.0. The molecule has 0 unspecified atom stereocenters. The van der Waals surface area contributed by atoms with Crippen molar-refractivity contribution < 1.29 is 4.74 Å². The Labute approximate surface area is 128 Å². The van der Waals surface area contributed by atoms with Gasteiger partial charge in [-0.05, 0) is 79.4 Å². The van der Waals surface area contributed by atoms with Gasteiger partial charge in [-0.3, -0.25) is 0 Å². The van der Waals surface area contributed by atoms with Crippen LogP contribution in [-0.2, 0) is 11.2 Å². The first-order valence-electron chi connectivity index (χ1n) is 8.72. The Balaban J connectivity index is 1.41. The molecule has 4 bridgehead atoms. The standard InChI is InChI=1S/C20H26O/c1-2-14-4-3-5-15(8-14)6-7-21-20-18-10-16-9-17(12-18)13-19(20)11-16/h3-8,16-20H,2,9-13H2,1H3. The lowest BCUT2D eigenvalue weighted by Gasteiger charge is -2.53. The lowest BCUT2D eigenvalue weighted by atomic mass is 9.55. The predicted octanol–water partition coefficient (Wildman–Crippen LogP) is 5.06. The Morgan fingerprint density at radius 3 is 2.43 bits per heavy atom. The summed E-state index contributed by atoms with van der Waals surface area (Å²) < 4.78 is 6.22. The first-order chi connectivity index (χ1) is 10.3. The number of rotatable bonds is 4. The highest BCUT2D eigenvalue weighted by Gasteiger charge is 2.49. The van der Waals surface area contributed by atoms with Crippen molar-refractivity contribution in [3.8, 4) is 0 Å². The second-order valence-corrected chi connectivity index (χ2v) is 7.43. The molecule has 4 aliphatic carbocycles. The lowest BCUT2D eigenvalue weighted by Crippen LogP contribution is -2.48. The Morgan fingerprint density at radius 1 is 1.05 bits per heavy atom. The average molecular weight is 282 g/mol. The smallest absolute Gasteiger partial charge is 0.103 e. The van der Waals surface area contributed by atoms with Crippen LogP contribution in [0.2, 0.25) is 0 Å². The Hall–Kier alpha value is -1.24. The molecule has 0 saturated heterocycles. The molecule has 0 heterocycles. The van der Waals surface area contributed by atoms with Crippen LogP contribution in [0.25, 0.3) is 6.08 Å². The monoisotopic (exact) mass is 282 g/mol. The fraction of sp³-hybridized carbons (Fsp3) is 0.600. The van der Waals surface area contributed by atoms with Crippen molar-refractivity contribution >= 4 is 6.08 Å². The molecule has 0 spiro atoms. The molecule has 1 aromatic carbocycles. The van der Waals surface area contributed by atoms with E-state index in [4.69, 9.17) is 4.74 Å². The molecule has 112 valence electrons. The lowest BCUT2D eigenvalue weighted by molar-refractivity contribution is -0.0968. The molecule has 4 saturated carbocycles. The third-order valence-electron chi connectivity index (χ3n) is 6.00. The van der Waals surface area contributed by atoms with Crippen LogP contribution in [-0.4, -0.2) is 6.10 Å². The Kier molecular flexibility index (Phi) is 3.52. The number of ether oxygens (including phenoxy) is 1. The molecular formula is C20H26O. The van der Waals surface area contributed by atoms with Crippen LogP contribution < -0.4 is 0 Å². The van der Waals surface area contributed by atoms with Gasteiger partial charge in [0.2, 0.25) is 0 Å². The summed E-state index contributed by atoms with van der Waals surface area (Å²) in [6, 6.07) is 8.75. The quantitative estimate of drug-likeness (QED) is 0.701. The van der Waals surface area contributed by atoms with Crippen molar-refractivity contribution in [3.05, 3.63) is 41.7 Å². The van der Waals surface area contributed by atoms with Gasteiger partial charge in [-0.1, -0.05) is 31.2 Å². The summed E-state index contributed by atoms with van der Waals surface area (Å²) in [7, 11) is 0. The van der Waals surface area contributed by atoms with Gasteiger partial charge in [0.15, 0.2) is 0 Å². The van der Waals surface area contributed by atoms with Gasteiger partial charge in [-0.25, -0.2) is 0 Å². The Morgan fingerprint density at radius 2 is 1.76 bits per heavy atom. The van der Waals surface area contributed by atoms with Crippen molar-refractivity contribution in [2.45, 2.75) is 51.6 Å². The number of aryl methyl sites for hydroxylation is 1. The van der Waals surface area contributed by atoms with Crippen molar-refractivity contribution in [1.82, 2.24) is 0 Å². The van der Waals surface area contributed by atoms with Gasteiger partial charge in [0, 0.05) is 0 Å². The highest BCUT2D eigenvalue weighted by atomic mass is 16.5. The number of benzene rings is 1. The van der Waals surface area contributed by atoms with Crippen LogP contribution in [0, 0.1) is 23.7 Å². The van der Waals surface area contributed by atoms with E-state index >= 15 is 0 Å². The van der Waals surface area contributed by atoms with E-state index in [0.29, 0.717) is 6.10 Å². The average Bonchev–Trinajstić information content (AvgIpc) is 2.49. The van der Waals surface area contributed by atoms with Crippen molar-refractivity contribution in [2.24, 2.45) is 23.7 Å². The van der Waals surface area contributed by atoms with E-state index in [1.807, 2.05) is 6.26 Å². The maximum atomic E-state index is 6.22. The van der Waals surface area contributed by atoms with E-state index in [2.05, 4.69) is 37.3 Å². The molecule has 1 nitrogen and oxygen atoms in total. The van der Waals surface area contributed by atoms with Crippen LogP contribution in [0.3, 0.4) is 0 Å². The SMILES string of the molecule is CCc1cccc(C=COC2C3CC4CC(C3)CC2C4)c1. The molecule has 21 heavy (non-hydrogen) atoms. The van der Waals surface area contributed by atoms with E-state index in [1.54, 1.807) is 0 Å². The first kappa shape index (κ1) is 13.4. The molecule has 0 aromatic heterocycles. The summed E-state index contributed by atoms with van der Waals surface area (Å²) in [5, 5.41) is 0. The predicted molar refractivity (Wildman–Crippen MR) is 86.8 cm³/mol. The molecule has 0 aliphatic heterocycles. The van der Waals surface area contributed by atoms with Crippen molar-refractivity contribution in [2.75, 3.05) is 0 Å². The Bertz CT molecular complexity index is 502. The molecule has 0 radical (unpaired) electrons. The molecule has 0 atom stereocenters. The van der Waals surface area contributed by atoms with Crippen LogP contribution >= 0.6 is 0 Å². The minimum absolute atomic E-state index is 0.503. The number of hydrogen-bond acceptors (Lipinski definition) is 1. The van der Waals surface area contributed by atoms with Crippen molar-refractivity contribution in [1.29, 1.82) is 0 Å². The topological polar surface area (TPSA) is 9.23 Å². The molecule has 0 amide bonds. The van der Waals surface area contributed by atoms with Gasteiger partial charge < -0.3 is 4.74 Å². The molecular weight excluding hydrogens is 256 g/mol. The zero-order chi connectivity index (χ0) is 14.2. The summed E-state index contributed by atoms with van der Waals surface area (Å²) in [5.74, 6) is 3.73. The van der Waals surface area contributed by atoms with Crippen molar-refractivity contribution in [3.63, 3.8) is 0 Å². The fourth-order valence-electron chi connectivity index (χ4n) is 5.22. The second-order valence-electron chi connectivity index (χ2n) is 7.43. The number of hydrogen-bond donors (Lipinski definition) is 0. The molecule has 0 N–H and O–H groups in total. The van der Waals surface area contributed by atoms with E-state index < -0.39 is 0 Å². The van der Waals surface area contributed by atoms with E-state index in [9.17, 15) is 0 Å². The van der Waals surface area contributed by atoms with Gasteiger partial charge in [-0.15, -0.1) is 0 Å². The summed E-state index contributed by atoms with van der Waals surface area (Å²) >= 11 is 0. The third kappa shape index (κ3) is 2.63. The van der Waals surface area contributed by atoms with Gasteiger partial charge in [-0.2, -0.15) is 0 Å². The molecule has 1 heteroatoms. The van der Waals surface area contributed by atoms with Gasteiger partial charge >= 0.3 is 0 Å². The van der Waals surface area contributed by atoms with E-state index in [0.717, 1.165) is 30.1 Å². The summed E-state index contributed by atoms with van der Waals surface area (Å²) in [5.41, 5.74) is 2.66. The van der Waals surface area contributed by atoms with Crippen LogP contribution in [0.1, 0.15) is 50.2 Å². The maximum absolute atomic E-state index is 6.22. The third-order valence-corrected chi connectivity index (χ3v) is 6.00. The largest absolute Gasteiger partial charge is 0.497 e. The van der Waals surface area contributed by atoms with Gasteiger partial charge in [0.05, 0.1) is 6.26 Å². The molecule has 1 aromatic rings. The first-order valence-corrected chi connectivity index (χ1v) is 8.72. The fourth-order valence-corrected chi connectivity index (χ4v) is 5.22.